The first-order chi connectivity index (χ1) is 27.1. The number of carbonyl (C=O) groups excluding carboxylic acids is 2. The van der Waals surface area contributed by atoms with Crippen LogP contribution in [0.3, 0.4) is 0 Å². The van der Waals surface area contributed by atoms with Crippen molar-refractivity contribution in [1.29, 1.82) is 0 Å². The molecule has 58 heavy (non-hydrogen) atoms. The third-order valence-electron chi connectivity index (χ3n) is 11.2. The third kappa shape index (κ3) is 7.43. The van der Waals surface area contributed by atoms with Gasteiger partial charge in [-0.05, 0) is 91.5 Å². The first-order valence-corrected chi connectivity index (χ1v) is 20.9. The molecule has 2 aromatic carbocycles. The molecule has 2 N–H and O–H groups in total. The number of hydrogen-bond donors (Lipinski definition) is 2. The van der Waals surface area contributed by atoms with Gasteiger partial charge in [-0.2, -0.15) is 0 Å². The van der Waals surface area contributed by atoms with E-state index in [9.17, 15) is 9.59 Å². The zero-order chi connectivity index (χ0) is 41.7. The van der Waals surface area contributed by atoms with Gasteiger partial charge in [0.15, 0.2) is 0 Å². The average Bonchev–Trinajstić information content (AvgIpc) is 3.93. The Morgan fingerprint density at radius 3 is 1.34 bits per heavy atom. The van der Waals surface area contributed by atoms with Crippen molar-refractivity contribution < 1.29 is 28.5 Å². The predicted octanol–water partition coefficient (Wildman–Crippen LogP) is 10.7. The molecule has 12 heteroatoms. The molecule has 4 aromatic rings. The summed E-state index contributed by atoms with van der Waals surface area (Å²) in [6.45, 7) is 26.4. The number of nitrogens with one attached hydrogen (secondary N) is 2. The molecule has 0 spiro atoms. The lowest BCUT2D eigenvalue weighted by atomic mass is 9.84. The number of likely N-dealkylation sites (tertiary alicyclic amines) is 2. The molecule has 0 unspecified atom stereocenters. The highest BCUT2D eigenvalue weighted by Gasteiger charge is 2.40. The van der Waals surface area contributed by atoms with Gasteiger partial charge in [0.1, 0.15) is 47.6 Å². The average molecular weight is 793 g/mol. The van der Waals surface area contributed by atoms with Crippen LogP contribution in [-0.2, 0) is 33.5 Å². The number of imidazole rings is 2. The van der Waals surface area contributed by atoms with Crippen LogP contribution in [-0.4, -0.2) is 66.2 Å². The lowest BCUT2D eigenvalue weighted by Gasteiger charge is -2.31. The number of aromatic nitrogens is 4. The van der Waals surface area contributed by atoms with Gasteiger partial charge in [-0.3, -0.25) is 9.80 Å². The Labute approximate surface area is 342 Å². The van der Waals surface area contributed by atoms with E-state index in [1.54, 1.807) is 0 Å². The molecular formula is C46H60N6O6. The largest absolute Gasteiger partial charge is 0.488 e. The Kier molecular flexibility index (Phi) is 9.47. The SMILES string of the molecule is CC(C)(C)OC(=O)N1CCC[C@H]1c1nc(C(C)(C)C)c(-c2cc3c4c(c2)OCc2cc(-c5[nH]c([C@@H]6CCCN6C(=O)OC(C)(C)C)nc5C(C)(C)C)cc(c2-4)OC3)[nH]1. The number of rotatable bonds is 4. The van der Waals surface area contributed by atoms with E-state index in [-0.39, 0.29) is 35.1 Å². The summed E-state index contributed by atoms with van der Waals surface area (Å²) in [5.41, 5.74) is 8.15. The molecule has 310 valence electrons. The van der Waals surface area contributed by atoms with Gasteiger partial charge in [0.2, 0.25) is 0 Å². The van der Waals surface area contributed by atoms with Crippen molar-refractivity contribution in [2.24, 2.45) is 0 Å². The Balaban J connectivity index is 1.14. The van der Waals surface area contributed by atoms with Crippen LogP contribution in [0.2, 0.25) is 0 Å². The van der Waals surface area contributed by atoms with E-state index in [0.717, 1.165) is 105 Å². The number of ether oxygens (including phenoxy) is 4. The second-order valence-electron chi connectivity index (χ2n) is 20.4. The summed E-state index contributed by atoms with van der Waals surface area (Å²) in [7, 11) is 0. The lowest BCUT2D eigenvalue weighted by molar-refractivity contribution is 0.0208. The van der Waals surface area contributed by atoms with Crippen LogP contribution < -0.4 is 9.47 Å². The standard InChI is InChI=1S/C46H60N6O6/c1-43(2,3)37-35(47-39(49-37)29-15-13-17-51(29)41(53)57-45(7,8)9)25-19-27-23-56-32-22-26(20-28-24-55-31(21-25)33(27)34(28)32)36-38(44(4,5)6)50-40(48-36)30-16-14-18-52(30)42(54)58-46(10,11)12/h19-22,29-30H,13-18,23-24H2,1-12H3,(H,47,49)(H,48,50)/t29-,30-/m0/s1. The van der Waals surface area contributed by atoms with Crippen molar-refractivity contribution >= 4 is 12.2 Å². The van der Waals surface area contributed by atoms with Crippen LogP contribution in [0.1, 0.15) is 155 Å². The van der Waals surface area contributed by atoms with Crippen molar-refractivity contribution in [2.75, 3.05) is 13.1 Å². The van der Waals surface area contributed by atoms with Gasteiger partial charge in [0.25, 0.3) is 0 Å². The fourth-order valence-electron chi connectivity index (χ4n) is 8.75. The number of aromatic amines is 2. The molecule has 6 heterocycles. The summed E-state index contributed by atoms with van der Waals surface area (Å²) in [6, 6.07) is 8.23. The third-order valence-corrected chi connectivity index (χ3v) is 11.2. The molecule has 2 atom stereocenters. The molecule has 4 aliphatic heterocycles. The van der Waals surface area contributed by atoms with Crippen LogP contribution in [0.25, 0.3) is 33.6 Å². The molecule has 12 nitrogen and oxygen atoms in total. The number of nitrogens with zero attached hydrogens (tertiary/aromatic N) is 4. The van der Waals surface area contributed by atoms with Crippen molar-refractivity contribution in [1.82, 2.24) is 29.7 Å². The number of H-pyrrole nitrogens is 2. The van der Waals surface area contributed by atoms with E-state index < -0.39 is 11.2 Å². The maximum atomic E-state index is 13.3. The quantitative estimate of drug-likeness (QED) is 0.209. The highest BCUT2D eigenvalue weighted by Crippen LogP contribution is 2.52. The highest BCUT2D eigenvalue weighted by atomic mass is 16.6. The Hall–Kier alpha value is -5.00. The van der Waals surface area contributed by atoms with Gasteiger partial charge in [0.05, 0.1) is 34.9 Å². The predicted molar refractivity (Wildman–Crippen MR) is 223 cm³/mol. The van der Waals surface area contributed by atoms with E-state index in [1.165, 1.54) is 0 Å². The summed E-state index contributed by atoms with van der Waals surface area (Å²) in [4.78, 5) is 47.9. The van der Waals surface area contributed by atoms with Gasteiger partial charge in [-0.1, -0.05) is 41.5 Å². The van der Waals surface area contributed by atoms with E-state index in [0.29, 0.717) is 26.3 Å². The molecule has 2 saturated heterocycles. The normalized spacial score (nSPS) is 19.2. The fraction of sp³-hybridized carbons (Fsp3) is 0.565. The fourth-order valence-corrected chi connectivity index (χ4v) is 8.75. The molecule has 2 fully saturated rings. The minimum absolute atomic E-state index is 0.198. The molecule has 0 aliphatic carbocycles. The smallest absolute Gasteiger partial charge is 0.410 e. The summed E-state index contributed by atoms with van der Waals surface area (Å²) in [5, 5.41) is 0. The Bertz CT molecular complexity index is 2070. The van der Waals surface area contributed by atoms with Gasteiger partial charge in [-0.25, -0.2) is 19.6 Å². The zero-order valence-corrected chi connectivity index (χ0v) is 36.4. The molecule has 2 amide bonds. The molecule has 0 radical (unpaired) electrons. The van der Waals surface area contributed by atoms with E-state index in [1.807, 2.05) is 51.3 Å². The molecule has 2 aromatic heterocycles. The molecular weight excluding hydrogens is 733 g/mol. The summed E-state index contributed by atoms with van der Waals surface area (Å²) in [5.74, 6) is 3.17. The number of amides is 2. The summed E-state index contributed by atoms with van der Waals surface area (Å²) >= 11 is 0. The zero-order valence-electron chi connectivity index (χ0n) is 36.4. The van der Waals surface area contributed by atoms with Crippen molar-refractivity contribution in [3.63, 3.8) is 0 Å². The van der Waals surface area contributed by atoms with Gasteiger partial charge in [-0.15, -0.1) is 0 Å². The van der Waals surface area contributed by atoms with E-state index in [2.05, 4.69) is 75.8 Å². The maximum absolute atomic E-state index is 13.3. The van der Waals surface area contributed by atoms with E-state index in [4.69, 9.17) is 28.9 Å². The highest BCUT2D eigenvalue weighted by molar-refractivity contribution is 5.89. The second kappa shape index (κ2) is 13.8. The molecule has 0 saturated carbocycles. The topological polar surface area (TPSA) is 135 Å². The monoisotopic (exact) mass is 792 g/mol. The van der Waals surface area contributed by atoms with Gasteiger partial charge >= 0.3 is 12.2 Å². The first kappa shape index (κ1) is 39.8. The summed E-state index contributed by atoms with van der Waals surface area (Å²) in [6.07, 6.45) is 2.77. The van der Waals surface area contributed by atoms with Crippen molar-refractivity contribution in [2.45, 2.75) is 156 Å². The van der Waals surface area contributed by atoms with Gasteiger partial charge < -0.3 is 28.9 Å². The number of benzene rings is 2. The van der Waals surface area contributed by atoms with Crippen LogP contribution >= 0.6 is 0 Å². The van der Waals surface area contributed by atoms with Crippen molar-refractivity contribution in [3.05, 3.63) is 58.4 Å². The maximum Gasteiger partial charge on any atom is 0.410 e. The second-order valence-corrected chi connectivity index (χ2v) is 20.4. The van der Waals surface area contributed by atoms with E-state index >= 15 is 0 Å². The Morgan fingerprint density at radius 2 is 1.00 bits per heavy atom. The number of carbonyl (C=O) groups is 2. The number of hydrogen-bond acceptors (Lipinski definition) is 8. The molecule has 8 rings (SSSR count). The molecule has 0 bridgehead atoms. The van der Waals surface area contributed by atoms with Crippen LogP contribution in [0, 0.1) is 0 Å². The summed E-state index contributed by atoms with van der Waals surface area (Å²) < 4.78 is 24.8. The molecule has 4 aliphatic rings. The van der Waals surface area contributed by atoms with Crippen molar-refractivity contribution in [3.8, 4) is 45.1 Å². The first-order valence-electron chi connectivity index (χ1n) is 20.9. The van der Waals surface area contributed by atoms with Crippen LogP contribution in [0.5, 0.6) is 11.5 Å². The Morgan fingerprint density at radius 1 is 0.621 bits per heavy atom. The minimum atomic E-state index is -0.581. The lowest BCUT2D eigenvalue weighted by Crippen LogP contribution is -2.36. The van der Waals surface area contributed by atoms with Gasteiger partial charge in [0, 0.05) is 57.3 Å². The minimum Gasteiger partial charge on any atom is -0.488 e. The van der Waals surface area contributed by atoms with Crippen LogP contribution in [0.15, 0.2) is 24.3 Å². The van der Waals surface area contributed by atoms with Crippen LogP contribution in [0.4, 0.5) is 9.59 Å².